The third-order valence-electron chi connectivity index (χ3n) is 2.65. The third kappa shape index (κ3) is 3.29. The van der Waals surface area contributed by atoms with Crippen LogP contribution in [0.25, 0.3) is 0 Å². The van der Waals surface area contributed by atoms with Crippen molar-refractivity contribution in [2.45, 2.75) is 13.5 Å². The molecule has 0 heterocycles. The van der Waals surface area contributed by atoms with Crippen LogP contribution in [0.3, 0.4) is 0 Å². The second-order valence-corrected chi connectivity index (χ2v) is 4.34. The van der Waals surface area contributed by atoms with Gasteiger partial charge in [-0.2, -0.15) is 0 Å². The second-order valence-electron chi connectivity index (χ2n) is 4.34. The zero-order valence-corrected chi connectivity index (χ0v) is 10.8. The van der Waals surface area contributed by atoms with E-state index in [9.17, 15) is 8.78 Å². The molecule has 0 saturated heterocycles. The monoisotopic (exact) mass is 263 g/mol. The maximum Gasteiger partial charge on any atom is 0.198 e. The summed E-state index contributed by atoms with van der Waals surface area (Å²) in [4.78, 5) is 0. The van der Waals surface area contributed by atoms with Crippen LogP contribution in [0.5, 0.6) is 11.5 Å². The number of aryl methyl sites for hydroxylation is 1. The minimum absolute atomic E-state index is 0.370. The lowest BCUT2D eigenvalue weighted by Gasteiger charge is -2.10. The van der Waals surface area contributed by atoms with E-state index in [1.807, 2.05) is 13.0 Å². The molecular formula is C15H15F2NO. The van der Waals surface area contributed by atoms with Crippen LogP contribution in [-0.2, 0) is 6.54 Å². The molecule has 0 aliphatic carbocycles. The van der Waals surface area contributed by atoms with Gasteiger partial charge in [0, 0.05) is 6.54 Å². The third-order valence-corrected chi connectivity index (χ3v) is 2.65. The molecule has 1 N–H and O–H groups in total. The van der Waals surface area contributed by atoms with E-state index in [2.05, 4.69) is 5.32 Å². The Hall–Kier alpha value is -1.94. The van der Waals surface area contributed by atoms with Gasteiger partial charge in [0.15, 0.2) is 17.4 Å². The molecular weight excluding hydrogens is 248 g/mol. The van der Waals surface area contributed by atoms with Gasteiger partial charge < -0.3 is 10.1 Å². The predicted molar refractivity (Wildman–Crippen MR) is 70.4 cm³/mol. The van der Waals surface area contributed by atoms with Gasteiger partial charge in [0.05, 0.1) is 0 Å². The van der Waals surface area contributed by atoms with Crippen LogP contribution in [0, 0.1) is 18.6 Å². The van der Waals surface area contributed by atoms with E-state index in [0.717, 1.165) is 5.56 Å². The Morgan fingerprint density at radius 3 is 2.37 bits per heavy atom. The van der Waals surface area contributed by atoms with Gasteiger partial charge in [-0.1, -0.05) is 12.1 Å². The molecule has 19 heavy (non-hydrogen) atoms. The number of halogens is 2. The number of hydrogen-bond acceptors (Lipinski definition) is 2. The van der Waals surface area contributed by atoms with E-state index in [4.69, 9.17) is 4.74 Å². The quantitative estimate of drug-likeness (QED) is 0.906. The molecule has 0 bridgehead atoms. The van der Waals surface area contributed by atoms with Crippen LogP contribution in [0.1, 0.15) is 11.1 Å². The van der Waals surface area contributed by atoms with Crippen LogP contribution in [0.15, 0.2) is 36.4 Å². The van der Waals surface area contributed by atoms with Gasteiger partial charge in [-0.15, -0.1) is 0 Å². The van der Waals surface area contributed by atoms with Crippen LogP contribution in [-0.4, -0.2) is 7.05 Å². The van der Waals surface area contributed by atoms with Crippen molar-refractivity contribution >= 4 is 0 Å². The molecule has 0 fully saturated rings. The van der Waals surface area contributed by atoms with E-state index in [-0.39, 0.29) is 5.75 Å². The molecule has 0 spiro atoms. The van der Waals surface area contributed by atoms with E-state index in [1.54, 1.807) is 25.2 Å². The average molecular weight is 263 g/mol. The fourth-order valence-corrected chi connectivity index (χ4v) is 1.81. The topological polar surface area (TPSA) is 21.3 Å². The number of hydrogen-bond donors (Lipinski definition) is 1. The summed E-state index contributed by atoms with van der Waals surface area (Å²) in [5.74, 6) is -1.36. The van der Waals surface area contributed by atoms with E-state index < -0.39 is 11.6 Å². The molecule has 2 aromatic carbocycles. The lowest BCUT2D eigenvalue weighted by atomic mass is 10.2. The highest BCUT2D eigenvalue weighted by atomic mass is 19.1. The van der Waals surface area contributed by atoms with Crippen molar-refractivity contribution in [2.24, 2.45) is 0 Å². The summed E-state index contributed by atoms with van der Waals surface area (Å²) in [5, 5.41) is 2.84. The number of nitrogens with one attached hydrogen (secondary N) is 1. The summed E-state index contributed by atoms with van der Waals surface area (Å²) in [6.45, 7) is 2.29. The minimum Gasteiger partial charge on any atom is -0.451 e. The first-order valence-electron chi connectivity index (χ1n) is 5.97. The van der Waals surface area contributed by atoms with E-state index >= 15 is 0 Å². The first-order chi connectivity index (χ1) is 9.10. The lowest BCUT2D eigenvalue weighted by Crippen LogP contribution is -2.06. The standard InChI is InChI=1S/C15H15F2NO/c1-10-4-3-5-12(6-10)19-15-13(16)7-11(9-18-2)8-14(15)17/h3-8,18H,9H2,1-2H3. The molecule has 0 radical (unpaired) electrons. The van der Waals surface area contributed by atoms with Gasteiger partial charge in [-0.05, 0) is 49.4 Å². The van der Waals surface area contributed by atoms with Crippen LogP contribution < -0.4 is 10.1 Å². The van der Waals surface area contributed by atoms with Crippen LogP contribution in [0.2, 0.25) is 0 Å². The van der Waals surface area contributed by atoms with Gasteiger partial charge in [0.2, 0.25) is 0 Å². The molecule has 0 amide bonds. The lowest BCUT2D eigenvalue weighted by molar-refractivity contribution is 0.406. The summed E-state index contributed by atoms with van der Waals surface area (Å²) >= 11 is 0. The smallest absolute Gasteiger partial charge is 0.198 e. The molecule has 0 atom stereocenters. The van der Waals surface area contributed by atoms with Crippen molar-refractivity contribution in [1.29, 1.82) is 0 Å². The SMILES string of the molecule is CNCc1cc(F)c(Oc2cccc(C)c2)c(F)c1. The molecule has 2 aromatic rings. The highest BCUT2D eigenvalue weighted by molar-refractivity contribution is 5.37. The molecule has 0 saturated carbocycles. The molecule has 2 rings (SSSR count). The van der Waals surface area contributed by atoms with Gasteiger partial charge in [-0.3, -0.25) is 0 Å². The Morgan fingerprint density at radius 2 is 1.79 bits per heavy atom. The Labute approximate surface area is 111 Å². The van der Waals surface area contributed by atoms with Gasteiger partial charge in [0.25, 0.3) is 0 Å². The van der Waals surface area contributed by atoms with E-state index in [1.165, 1.54) is 12.1 Å². The van der Waals surface area contributed by atoms with Crippen molar-refractivity contribution in [1.82, 2.24) is 5.32 Å². The summed E-state index contributed by atoms with van der Waals surface area (Å²) in [6.07, 6.45) is 0. The number of rotatable bonds is 4. The Kier molecular flexibility index (Phi) is 4.12. The summed E-state index contributed by atoms with van der Waals surface area (Å²) in [7, 11) is 1.72. The average Bonchev–Trinajstić information content (AvgIpc) is 2.34. The van der Waals surface area contributed by atoms with Crippen molar-refractivity contribution in [3.8, 4) is 11.5 Å². The van der Waals surface area contributed by atoms with Crippen molar-refractivity contribution in [3.05, 3.63) is 59.2 Å². The molecule has 0 aliphatic heterocycles. The first-order valence-corrected chi connectivity index (χ1v) is 5.97. The van der Waals surface area contributed by atoms with Crippen LogP contribution >= 0.6 is 0 Å². The maximum atomic E-state index is 13.8. The Balaban J connectivity index is 2.30. The minimum atomic E-state index is -0.702. The number of benzene rings is 2. The number of ether oxygens (including phenoxy) is 1. The van der Waals surface area contributed by atoms with Crippen molar-refractivity contribution < 1.29 is 13.5 Å². The summed E-state index contributed by atoms with van der Waals surface area (Å²) in [5.41, 5.74) is 1.50. The highest BCUT2D eigenvalue weighted by Crippen LogP contribution is 2.29. The zero-order valence-electron chi connectivity index (χ0n) is 10.8. The van der Waals surface area contributed by atoms with Gasteiger partial charge in [-0.25, -0.2) is 8.78 Å². The Morgan fingerprint density at radius 1 is 1.11 bits per heavy atom. The maximum absolute atomic E-state index is 13.8. The molecule has 2 nitrogen and oxygen atoms in total. The van der Waals surface area contributed by atoms with Crippen molar-refractivity contribution in [3.63, 3.8) is 0 Å². The second kappa shape index (κ2) is 5.80. The fourth-order valence-electron chi connectivity index (χ4n) is 1.81. The molecule has 0 unspecified atom stereocenters. The van der Waals surface area contributed by atoms with Gasteiger partial charge >= 0.3 is 0 Å². The zero-order chi connectivity index (χ0) is 13.8. The molecule has 4 heteroatoms. The van der Waals surface area contributed by atoms with E-state index in [0.29, 0.717) is 17.9 Å². The first kappa shape index (κ1) is 13.5. The van der Waals surface area contributed by atoms with Crippen LogP contribution in [0.4, 0.5) is 8.78 Å². The molecule has 0 aliphatic rings. The Bertz CT molecular complexity index is 561. The van der Waals surface area contributed by atoms with Gasteiger partial charge in [0.1, 0.15) is 5.75 Å². The predicted octanol–water partition coefficient (Wildman–Crippen LogP) is 3.78. The normalized spacial score (nSPS) is 10.5. The summed E-state index contributed by atoms with van der Waals surface area (Å²) in [6, 6.07) is 9.58. The molecule has 100 valence electrons. The fraction of sp³-hybridized carbons (Fsp3) is 0.200. The van der Waals surface area contributed by atoms with Crippen molar-refractivity contribution in [2.75, 3.05) is 7.05 Å². The highest BCUT2D eigenvalue weighted by Gasteiger charge is 2.13. The largest absolute Gasteiger partial charge is 0.451 e. The summed E-state index contributed by atoms with van der Waals surface area (Å²) < 4.78 is 32.9. The molecule has 0 aromatic heterocycles.